The lowest BCUT2D eigenvalue weighted by atomic mass is 10.4. The van der Waals surface area contributed by atoms with Crippen LogP contribution < -0.4 is 5.32 Å². The second-order valence-electron chi connectivity index (χ2n) is 6.58. The first-order valence-electron chi connectivity index (χ1n) is 9.54. The van der Waals surface area contributed by atoms with Gasteiger partial charge in [0.15, 0.2) is 0 Å². The summed E-state index contributed by atoms with van der Waals surface area (Å²) in [5.74, 6) is -0.0381. The lowest BCUT2D eigenvalue weighted by Gasteiger charge is -2.36. The monoisotopic (exact) mass is 405 g/mol. The molecule has 1 N–H and O–H groups in total. The van der Waals surface area contributed by atoms with Crippen molar-refractivity contribution in [3.05, 3.63) is 0 Å². The van der Waals surface area contributed by atoms with E-state index in [9.17, 15) is 18.0 Å². The van der Waals surface area contributed by atoms with Gasteiger partial charge in [-0.05, 0) is 26.8 Å². The molecule has 27 heavy (non-hydrogen) atoms. The smallest absolute Gasteiger partial charge is 0.409 e. The molecule has 0 aromatic carbocycles. The van der Waals surface area contributed by atoms with E-state index in [1.54, 1.807) is 6.92 Å². The summed E-state index contributed by atoms with van der Waals surface area (Å²) in [5.41, 5.74) is 0. The summed E-state index contributed by atoms with van der Waals surface area (Å²) in [6.07, 6.45) is 0.284. The zero-order valence-electron chi connectivity index (χ0n) is 16.2. The highest BCUT2D eigenvalue weighted by Gasteiger charge is 2.34. The van der Waals surface area contributed by atoms with Crippen molar-refractivity contribution in [1.29, 1.82) is 0 Å². The van der Waals surface area contributed by atoms with Crippen LogP contribution in [-0.4, -0.2) is 111 Å². The number of amides is 2. The highest BCUT2D eigenvalue weighted by Crippen LogP contribution is 2.15. The highest BCUT2D eigenvalue weighted by atomic mass is 32.2. The maximum Gasteiger partial charge on any atom is 0.409 e. The Bertz CT molecular complexity index is 606. The Morgan fingerprint density at radius 2 is 1.56 bits per heavy atom. The van der Waals surface area contributed by atoms with Crippen molar-refractivity contribution >= 4 is 22.2 Å². The highest BCUT2D eigenvalue weighted by molar-refractivity contribution is 7.86. The quantitative estimate of drug-likeness (QED) is 0.618. The average molecular weight is 406 g/mol. The number of ether oxygens (including phenoxy) is 1. The van der Waals surface area contributed by atoms with Crippen molar-refractivity contribution in [2.24, 2.45) is 0 Å². The molecule has 0 atom stereocenters. The van der Waals surface area contributed by atoms with Crippen LogP contribution in [0.25, 0.3) is 0 Å². The maximum atomic E-state index is 12.9. The van der Waals surface area contributed by atoms with Crippen molar-refractivity contribution in [3.63, 3.8) is 0 Å². The van der Waals surface area contributed by atoms with Gasteiger partial charge >= 0.3 is 6.09 Å². The lowest BCUT2D eigenvalue weighted by molar-refractivity contribution is -0.122. The molecule has 2 fully saturated rings. The number of nitrogens with zero attached hydrogens (tertiary/aromatic N) is 4. The van der Waals surface area contributed by atoms with Gasteiger partial charge in [-0.1, -0.05) is 0 Å². The second-order valence-corrected chi connectivity index (χ2v) is 8.50. The predicted octanol–water partition coefficient (Wildman–Crippen LogP) is -0.851. The third-order valence-corrected chi connectivity index (χ3v) is 6.74. The Morgan fingerprint density at radius 1 is 0.926 bits per heavy atom. The molecule has 2 amide bonds. The molecule has 0 unspecified atom stereocenters. The minimum atomic E-state index is -3.57. The van der Waals surface area contributed by atoms with E-state index >= 15 is 0 Å². The number of carbonyl (C=O) groups excluding carboxylic acids is 2. The summed E-state index contributed by atoms with van der Waals surface area (Å²) in [5, 5.41) is 2.77. The maximum absolute atomic E-state index is 12.9. The molecule has 10 nitrogen and oxygen atoms in total. The largest absolute Gasteiger partial charge is 0.450 e. The van der Waals surface area contributed by atoms with Gasteiger partial charge in [-0.15, -0.1) is 0 Å². The average Bonchev–Trinajstić information content (AvgIpc) is 2.88. The van der Waals surface area contributed by atoms with Crippen LogP contribution in [0.15, 0.2) is 0 Å². The first-order chi connectivity index (χ1) is 12.9. The van der Waals surface area contributed by atoms with Gasteiger partial charge in [0.05, 0.1) is 13.2 Å². The summed E-state index contributed by atoms with van der Waals surface area (Å²) in [6.45, 7) is 8.00. The van der Waals surface area contributed by atoms with E-state index in [-0.39, 0.29) is 19.0 Å². The van der Waals surface area contributed by atoms with E-state index in [1.807, 2.05) is 11.8 Å². The molecule has 0 spiro atoms. The molecule has 0 aromatic heterocycles. The number of carbonyl (C=O) groups is 2. The number of hydrogen-bond acceptors (Lipinski definition) is 6. The Labute approximate surface area is 161 Å². The number of rotatable bonds is 6. The lowest BCUT2D eigenvalue weighted by Crippen LogP contribution is -2.54. The predicted molar refractivity (Wildman–Crippen MR) is 100 cm³/mol. The van der Waals surface area contributed by atoms with Gasteiger partial charge in [-0.2, -0.15) is 17.0 Å². The molecule has 0 aliphatic carbocycles. The van der Waals surface area contributed by atoms with E-state index < -0.39 is 16.3 Å². The molecule has 2 aliphatic heterocycles. The Kier molecular flexibility index (Phi) is 8.27. The normalized spacial score (nSPS) is 20.9. The van der Waals surface area contributed by atoms with Crippen molar-refractivity contribution in [2.75, 3.05) is 72.1 Å². The fraction of sp³-hybridized carbons (Fsp3) is 0.875. The van der Waals surface area contributed by atoms with Gasteiger partial charge in [0.25, 0.3) is 10.2 Å². The molecule has 2 saturated heterocycles. The third-order valence-electron chi connectivity index (χ3n) is 4.71. The summed E-state index contributed by atoms with van der Waals surface area (Å²) in [7, 11) is -3.57. The number of nitrogens with one attached hydrogen (secondary N) is 1. The van der Waals surface area contributed by atoms with Gasteiger partial charge in [0.2, 0.25) is 5.91 Å². The molecule has 156 valence electrons. The standard InChI is InChI=1S/C16H31N5O5S/c1-3-17-15(22)14-18-6-5-7-20(11-8-18)27(24,25)21-12-9-19(10-13-21)16(23)26-4-2/h3-14H2,1-2H3,(H,17,22). The zero-order chi connectivity index (χ0) is 19.9. The molecule has 2 heterocycles. The second kappa shape index (κ2) is 10.2. The first kappa shape index (κ1) is 21.9. The molecular weight excluding hydrogens is 374 g/mol. The Morgan fingerprint density at radius 3 is 2.19 bits per heavy atom. The van der Waals surface area contributed by atoms with E-state index in [0.29, 0.717) is 65.4 Å². The molecule has 0 saturated carbocycles. The number of piperazine rings is 1. The van der Waals surface area contributed by atoms with E-state index in [0.717, 1.165) is 0 Å². The van der Waals surface area contributed by atoms with E-state index in [1.165, 1.54) is 13.5 Å². The van der Waals surface area contributed by atoms with Gasteiger partial charge < -0.3 is 15.0 Å². The summed E-state index contributed by atoms with van der Waals surface area (Å²) in [6, 6.07) is 0. The number of hydrogen-bond donors (Lipinski definition) is 1. The molecular formula is C16H31N5O5S. The summed E-state index contributed by atoms with van der Waals surface area (Å²) < 4.78 is 33.8. The van der Waals surface area contributed by atoms with Crippen molar-refractivity contribution in [3.8, 4) is 0 Å². The fourth-order valence-corrected chi connectivity index (χ4v) is 4.90. The van der Waals surface area contributed by atoms with Gasteiger partial charge in [-0.25, -0.2) is 4.79 Å². The molecule has 11 heteroatoms. The van der Waals surface area contributed by atoms with E-state index in [4.69, 9.17) is 4.74 Å². The van der Waals surface area contributed by atoms with Crippen LogP contribution in [0.5, 0.6) is 0 Å². The van der Waals surface area contributed by atoms with Crippen LogP contribution in [0.4, 0.5) is 4.79 Å². The summed E-state index contributed by atoms with van der Waals surface area (Å²) in [4.78, 5) is 27.0. The third kappa shape index (κ3) is 6.03. The van der Waals surface area contributed by atoms with Crippen LogP contribution in [-0.2, 0) is 19.7 Å². The molecule has 0 aromatic rings. The first-order valence-corrected chi connectivity index (χ1v) is 10.9. The fourth-order valence-electron chi connectivity index (χ4n) is 3.27. The minimum Gasteiger partial charge on any atom is -0.450 e. The van der Waals surface area contributed by atoms with Gasteiger partial charge in [0.1, 0.15) is 0 Å². The molecule has 2 aliphatic rings. The Balaban J connectivity index is 1.88. The molecule has 2 rings (SSSR count). The van der Waals surface area contributed by atoms with Crippen molar-refractivity contribution < 1.29 is 22.7 Å². The topological polar surface area (TPSA) is 102 Å². The number of likely N-dealkylation sites (N-methyl/N-ethyl adjacent to an activating group) is 1. The van der Waals surface area contributed by atoms with E-state index in [2.05, 4.69) is 5.32 Å². The van der Waals surface area contributed by atoms with Gasteiger partial charge in [0, 0.05) is 52.4 Å². The van der Waals surface area contributed by atoms with Crippen LogP contribution in [0.3, 0.4) is 0 Å². The van der Waals surface area contributed by atoms with Gasteiger partial charge in [-0.3, -0.25) is 9.69 Å². The van der Waals surface area contributed by atoms with Crippen LogP contribution in [0, 0.1) is 0 Å². The van der Waals surface area contributed by atoms with Crippen molar-refractivity contribution in [1.82, 2.24) is 23.7 Å². The molecule has 0 bridgehead atoms. The minimum absolute atomic E-state index is 0.0381. The Hall–Kier alpha value is -1.43. The van der Waals surface area contributed by atoms with Crippen LogP contribution >= 0.6 is 0 Å². The van der Waals surface area contributed by atoms with Crippen LogP contribution in [0.1, 0.15) is 20.3 Å². The summed E-state index contributed by atoms with van der Waals surface area (Å²) >= 11 is 0. The SMILES string of the molecule is CCNC(=O)CN1CCCN(S(=O)(=O)N2CCN(C(=O)OCC)CC2)CC1. The molecule has 0 radical (unpaired) electrons. The van der Waals surface area contributed by atoms with Crippen molar-refractivity contribution in [2.45, 2.75) is 20.3 Å². The zero-order valence-corrected chi connectivity index (χ0v) is 17.0. The van der Waals surface area contributed by atoms with Crippen LogP contribution in [0.2, 0.25) is 0 Å².